The third kappa shape index (κ3) is 2.85. The fourth-order valence-corrected chi connectivity index (χ4v) is 3.02. The van der Waals surface area contributed by atoms with Crippen molar-refractivity contribution in [3.8, 4) is 5.75 Å². The van der Waals surface area contributed by atoms with E-state index in [1.165, 1.54) is 24.1 Å². The quantitative estimate of drug-likeness (QED) is 0.929. The van der Waals surface area contributed by atoms with Gasteiger partial charge in [-0.05, 0) is 43.5 Å². The zero-order valence-electron chi connectivity index (χ0n) is 11.9. The zero-order valence-corrected chi connectivity index (χ0v) is 11.9. The van der Waals surface area contributed by atoms with Crippen LogP contribution in [0.4, 0.5) is 0 Å². The summed E-state index contributed by atoms with van der Waals surface area (Å²) in [5, 5.41) is 0. The zero-order chi connectivity index (χ0) is 13.8. The molecule has 1 aliphatic rings. The lowest BCUT2D eigenvalue weighted by atomic mass is 9.89. The summed E-state index contributed by atoms with van der Waals surface area (Å²) in [7, 11) is 1.76. The van der Waals surface area contributed by atoms with Crippen molar-refractivity contribution >= 4 is 0 Å². The van der Waals surface area contributed by atoms with Crippen LogP contribution in [0.1, 0.15) is 30.0 Å². The van der Waals surface area contributed by atoms with Crippen LogP contribution in [0.3, 0.4) is 0 Å². The number of aromatic nitrogens is 2. The van der Waals surface area contributed by atoms with E-state index in [2.05, 4.69) is 33.1 Å². The van der Waals surface area contributed by atoms with E-state index in [-0.39, 0.29) is 0 Å². The Kier molecular flexibility index (Phi) is 4.02. The Hall–Kier alpha value is -1.81. The number of H-pyrrole nitrogens is 1. The van der Waals surface area contributed by atoms with Gasteiger partial charge in [0.2, 0.25) is 0 Å². The van der Waals surface area contributed by atoms with Crippen LogP contribution in [-0.4, -0.2) is 35.1 Å². The second kappa shape index (κ2) is 6.09. The van der Waals surface area contributed by atoms with Gasteiger partial charge in [0.1, 0.15) is 5.75 Å². The lowest BCUT2D eigenvalue weighted by Gasteiger charge is -2.32. The number of hydrogen-bond acceptors (Lipinski definition) is 3. The van der Waals surface area contributed by atoms with E-state index in [0.717, 1.165) is 25.4 Å². The van der Waals surface area contributed by atoms with Crippen LogP contribution in [0, 0.1) is 0 Å². The van der Waals surface area contributed by atoms with E-state index >= 15 is 0 Å². The van der Waals surface area contributed by atoms with Crippen LogP contribution in [0.15, 0.2) is 36.8 Å². The van der Waals surface area contributed by atoms with Crippen molar-refractivity contribution < 1.29 is 4.74 Å². The van der Waals surface area contributed by atoms with E-state index < -0.39 is 0 Å². The number of rotatable bonds is 4. The number of likely N-dealkylation sites (tertiary alicyclic amines) is 1. The molecule has 0 saturated carbocycles. The first-order valence-corrected chi connectivity index (χ1v) is 7.19. The topological polar surface area (TPSA) is 41.1 Å². The molecule has 20 heavy (non-hydrogen) atoms. The molecule has 0 bridgehead atoms. The predicted molar refractivity (Wildman–Crippen MR) is 78.8 cm³/mol. The Balaban J connectivity index is 1.60. The number of methoxy groups -OCH3 is 1. The lowest BCUT2D eigenvalue weighted by molar-refractivity contribution is 0.201. The molecule has 3 rings (SSSR count). The van der Waals surface area contributed by atoms with Crippen LogP contribution in [0.2, 0.25) is 0 Å². The maximum atomic E-state index is 5.48. The second-order valence-corrected chi connectivity index (χ2v) is 5.37. The van der Waals surface area contributed by atoms with Crippen LogP contribution >= 0.6 is 0 Å². The van der Waals surface area contributed by atoms with E-state index in [9.17, 15) is 0 Å². The van der Waals surface area contributed by atoms with E-state index in [4.69, 9.17) is 4.74 Å². The molecule has 1 saturated heterocycles. The molecule has 1 N–H and O–H groups in total. The van der Waals surface area contributed by atoms with Gasteiger partial charge in [-0.2, -0.15) is 0 Å². The molecule has 106 valence electrons. The molecular formula is C16H21N3O. The minimum atomic E-state index is 0.615. The van der Waals surface area contributed by atoms with Crippen molar-refractivity contribution in [1.29, 1.82) is 0 Å². The van der Waals surface area contributed by atoms with E-state index in [0.29, 0.717) is 5.92 Å². The van der Waals surface area contributed by atoms with Crippen LogP contribution in [-0.2, 0) is 6.54 Å². The van der Waals surface area contributed by atoms with Gasteiger partial charge in [0.25, 0.3) is 0 Å². The summed E-state index contributed by atoms with van der Waals surface area (Å²) in [4.78, 5) is 9.73. The summed E-state index contributed by atoms with van der Waals surface area (Å²) in [6.45, 7) is 3.22. The molecule has 0 aliphatic carbocycles. The van der Waals surface area contributed by atoms with E-state index in [1.54, 1.807) is 13.4 Å². The highest BCUT2D eigenvalue weighted by molar-refractivity contribution is 5.36. The number of aromatic amines is 1. The number of nitrogens with zero attached hydrogens (tertiary/aromatic N) is 2. The van der Waals surface area contributed by atoms with Crippen LogP contribution in [0.5, 0.6) is 5.75 Å². The minimum absolute atomic E-state index is 0.615. The molecule has 0 atom stereocenters. The summed E-state index contributed by atoms with van der Waals surface area (Å²) < 4.78 is 5.48. The van der Waals surface area contributed by atoms with Crippen LogP contribution < -0.4 is 4.74 Å². The van der Waals surface area contributed by atoms with Gasteiger partial charge in [0, 0.05) is 18.4 Å². The molecule has 2 aromatic rings. The molecular weight excluding hydrogens is 250 g/mol. The summed E-state index contributed by atoms with van der Waals surface area (Å²) in [5.74, 6) is 1.64. The first kappa shape index (κ1) is 13.2. The first-order chi connectivity index (χ1) is 9.86. The van der Waals surface area contributed by atoms with Crippen molar-refractivity contribution in [2.45, 2.75) is 25.3 Å². The molecule has 0 amide bonds. The Morgan fingerprint density at radius 2 is 2.10 bits per heavy atom. The molecule has 2 heterocycles. The normalized spacial score (nSPS) is 17.2. The smallest absolute Gasteiger partial charge is 0.122 e. The summed E-state index contributed by atoms with van der Waals surface area (Å²) >= 11 is 0. The predicted octanol–water partition coefficient (Wildman–Crippen LogP) is 2.80. The van der Waals surface area contributed by atoms with Crippen molar-refractivity contribution in [3.05, 3.63) is 48.0 Å². The number of benzene rings is 1. The van der Waals surface area contributed by atoms with Gasteiger partial charge in [-0.15, -0.1) is 0 Å². The first-order valence-electron chi connectivity index (χ1n) is 7.19. The molecule has 1 aromatic carbocycles. The second-order valence-electron chi connectivity index (χ2n) is 5.37. The standard InChI is InChI=1S/C16H21N3O/c1-20-16-5-3-2-4-15(16)13-6-8-19(9-7-13)11-14-10-17-12-18-14/h2-5,10,12-13H,6-9,11H2,1H3,(H,17,18). The molecule has 1 aromatic heterocycles. The number of para-hydroxylation sites is 1. The Bertz CT molecular complexity index is 530. The number of nitrogens with one attached hydrogen (secondary N) is 1. The van der Waals surface area contributed by atoms with Crippen molar-refractivity contribution in [1.82, 2.24) is 14.9 Å². The summed E-state index contributed by atoms with van der Waals surface area (Å²) in [6, 6.07) is 8.41. The van der Waals surface area contributed by atoms with Gasteiger partial charge in [-0.25, -0.2) is 4.98 Å². The van der Waals surface area contributed by atoms with Gasteiger partial charge in [0.05, 0.1) is 13.4 Å². The largest absolute Gasteiger partial charge is 0.496 e. The SMILES string of the molecule is COc1ccccc1C1CCN(Cc2cnc[nH]2)CC1. The maximum Gasteiger partial charge on any atom is 0.122 e. The Morgan fingerprint density at radius 3 is 2.80 bits per heavy atom. The highest BCUT2D eigenvalue weighted by atomic mass is 16.5. The number of hydrogen-bond donors (Lipinski definition) is 1. The third-order valence-electron chi connectivity index (χ3n) is 4.12. The van der Waals surface area contributed by atoms with E-state index in [1.807, 2.05) is 12.3 Å². The summed E-state index contributed by atoms with van der Waals surface area (Å²) in [5.41, 5.74) is 2.55. The lowest BCUT2D eigenvalue weighted by Crippen LogP contribution is -2.32. The minimum Gasteiger partial charge on any atom is -0.496 e. The van der Waals surface area contributed by atoms with Gasteiger partial charge in [0.15, 0.2) is 0 Å². The molecule has 1 aliphatic heterocycles. The van der Waals surface area contributed by atoms with Gasteiger partial charge in [-0.1, -0.05) is 18.2 Å². The van der Waals surface area contributed by atoms with Gasteiger partial charge < -0.3 is 9.72 Å². The molecule has 0 spiro atoms. The van der Waals surface area contributed by atoms with Crippen LogP contribution in [0.25, 0.3) is 0 Å². The number of ether oxygens (including phenoxy) is 1. The van der Waals surface area contributed by atoms with Crippen molar-refractivity contribution in [2.24, 2.45) is 0 Å². The molecule has 4 nitrogen and oxygen atoms in total. The average Bonchev–Trinajstić information content (AvgIpc) is 3.01. The molecule has 0 unspecified atom stereocenters. The van der Waals surface area contributed by atoms with Gasteiger partial charge >= 0.3 is 0 Å². The monoisotopic (exact) mass is 271 g/mol. The highest BCUT2D eigenvalue weighted by Gasteiger charge is 2.22. The highest BCUT2D eigenvalue weighted by Crippen LogP contribution is 2.34. The number of imidazole rings is 1. The maximum absolute atomic E-state index is 5.48. The fourth-order valence-electron chi connectivity index (χ4n) is 3.02. The van der Waals surface area contributed by atoms with Crippen molar-refractivity contribution in [2.75, 3.05) is 20.2 Å². The van der Waals surface area contributed by atoms with Crippen molar-refractivity contribution in [3.63, 3.8) is 0 Å². The molecule has 4 heteroatoms. The molecule has 0 radical (unpaired) electrons. The summed E-state index contributed by atoms with van der Waals surface area (Å²) in [6.07, 6.45) is 6.03. The third-order valence-corrected chi connectivity index (χ3v) is 4.12. The average molecular weight is 271 g/mol. The molecule has 1 fully saturated rings. The Morgan fingerprint density at radius 1 is 1.30 bits per heavy atom. The van der Waals surface area contributed by atoms with Gasteiger partial charge in [-0.3, -0.25) is 4.90 Å². The Labute approximate surface area is 119 Å². The fraction of sp³-hybridized carbons (Fsp3) is 0.438. The number of piperidine rings is 1.